The predicted octanol–water partition coefficient (Wildman–Crippen LogP) is 26.9. The molecule has 2 aromatic rings. The van der Waals surface area contributed by atoms with Crippen LogP contribution < -0.4 is 0 Å². The number of esters is 7. The number of carbonyl (C=O) groups excluding carboxylic acids is 7. The first kappa shape index (κ1) is 120. The minimum atomic E-state index is -5.89. The number of aliphatic carboxylic acids is 1. The molecule has 0 amide bonds. The maximum absolute atomic E-state index is 12.8. The third kappa shape index (κ3) is 39.2. The molecule has 25 heteroatoms. The van der Waals surface area contributed by atoms with Crippen LogP contribution in [0.25, 0.3) is 0 Å². The molecule has 9 atom stereocenters. The zero-order chi connectivity index (χ0) is 96.6. The molecule has 0 radical (unpaired) electrons. The van der Waals surface area contributed by atoms with Gasteiger partial charge in [0, 0.05) is 11.8 Å². The molecule has 1 N–H and O–H groups in total. The van der Waals surface area contributed by atoms with Crippen LogP contribution in [0.5, 0.6) is 0 Å². The quantitative estimate of drug-likeness (QED) is 0.0332. The second-order valence-electron chi connectivity index (χ2n) is 39.9. The number of benzene rings is 2. The molecule has 2 bridgehead atoms. The van der Waals surface area contributed by atoms with Gasteiger partial charge in [0.1, 0.15) is 18.3 Å². The number of hydrogen-bond acceptors (Lipinski definition) is 15. The van der Waals surface area contributed by atoms with Gasteiger partial charge in [-0.1, -0.05) is 220 Å². The van der Waals surface area contributed by atoms with E-state index in [2.05, 4.69) is 169 Å². The molecular formula is C97H163F9O16. The summed E-state index contributed by atoms with van der Waals surface area (Å²) in [6, 6.07) is 18.2. The van der Waals surface area contributed by atoms with Crippen molar-refractivity contribution in [3.8, 4) is 0 Å². The summed E-state index contributed by atoms with van der Waals surface area (Å²) >= 11 is 0. The summed E-state index contributed by atoms with van der Waals surface area (Å²) in [6.45, 7) is 73.2. The van der Waals surface area contributed by atoms with Gasteiger partial charge >= 0.3 is 66.3 Å². The molecule has 710 valence electrons. The Morgan fingerprint density at radius 3 is 1.11 bits per heavy atom. The lowest BCUT2D eigenvalue weighted by atomic mass is 9.73. The number of carbonyl (C=O) groups is 8. The van der Waals surface area contributed by atoms with Gasteiger partial charge in [-0.2, -0.15) is 39.5 Å². The third-order valence-corrected chi connectivity index (χ3v) is 24.2. The first-order chi connectivity index (χ1) is 55.2. The molecule has 1 heterocycles. The maximum atomic E-state index is 12.8. The number of halogens is 9. The summed E-state index contributed by atoms with van der Waals surface area (Å²) < 4.78 is 147. The van der Waals surface area contributed by atoms with Crippen LogP contribution in [0.4, 0.5) is 39.5 Å². The zero-order valence-corrected chi connectivity index (χ0v) is 81.7. The minimum absolute atomic E-state index is 0.00618. The molecule has 2 saturated carbocycles. The smallest absolute Gasteiger partial charge is 0.434 e. The fourth-order valence-corrected chi connectivity index (χ4v) is 11.6. The van der Waals surface area contributed by atoms with Crippen LogP contribution >= 0.6 is 0 Å². The van der Waals surface area contributed by atoms with Gasteiger partial charge in [0.15, 0.2) is 11.5 Å². The molecule has 2 aromatic carbocycles. The van der Waals surface area contributed by atoms with Crippen LogP contribution in [0.15, 0.2) is 48.5 Å². The zero-order valence-electron chi connectivity index (χ0n) is 81.7. The van der Waals surface area contributed by atoms with Gasteiger partial charge in [-0.15, -0.1) is 0 Å². The van der Waals surface area contributed by atoms with E-state index in [1.54, 1.807) is 55.4 Å². The summed E-state index contributed by atoms with van der Waals surface area (Å²) in [4.78, 5) is 93.6. The Labute approximate surface area is 729 Å². The Hall–Kier alpha value is -6.43. The summed E-state index contributed by atoms with van der Waals surface area (Å²) in [7, 11) is 0. The molecule has 9 unspecified atom stereocenters. The molecule has 3 fully saturated rings. The van der Waals surface area contributed by atoms with Crippen molar-refractivity contribution in [2.75, 3.05) is 6.61 Å². The number of rotatable bonds is 30. The van der Waals surface area contributed by atoms with E-state index in [4.69, 9.17) is 28.8 Å². The normalized spacial score (nSPS) is 18.2. The number of carboxylic acid groups (broad SMARTS) is 1. The predicted molar refractivity (Wildman–Crippen MR) is 467 cm³/mol. The number of fused-ring (bicyclic) bond motifs is 1. The van der Waals surface area contributed by atoms with Gasteiger partial charge in [-0.25, -0.2) is 0 Å². The Morgan fingerprint density at radius 2 is 0.811 bits per heavy atom. The molecular weight excluding hydrogens is 1590 g/mol. The highest BCUT2D eigenvalue weighted by atomic mass is 19.4. The summed E-state index contributed by atoms with van der Waals surface area (Å²) in [5, 5.41) is 8.44. The van der Waals surface area contributed by atoms with Gasteiger partial charge in [0.25, 0.3) is 6.10 Å². The van der Waals surface area contributed by atoms with Crippen molar-refractivity contribution in [2.24, 2.45) is 67.5 Å². The number of carboxylic acids is 1. The number of ether oxygens (including phenoxy) is 7. The van der Waals surface area contributed by atoms with Crippen LogP contribution in [0.3, 0.4) is 0 Å². The monoisotopic (exact) mass is 1760 g/mol. The van der Waals surface area contributed by atoms with Crippen molar-refractivity contribution < 1.29 is 116 Å². The van der Waals surface area contributed by atoms with E-state index in [0.29, 0.717) is 55.5 Å². The lowest BCUT2D eigenvalue weighted by molar-refractivity contribution is -0.315. The summed E-state index contributed by atoms with van der Waals surface area (Å²) in [5.74, 6) is -4.48. The van der Waals surface area contributed by atoms with Crippen LogP contribution in [-0.2, 0) is 82.3 Å². The van der Waals surface area contributed by atoms with Crippen molar-refractivity contribution in [3.05, 3.63) is 70.8 Å². The molecule has 2 aliphatic carbocycles. The Morgan fingerprint density at radius 1 is 0.459 bits per heavy atom. The van der Waals surface area contributed by atoms with Crippen molar-refractivity contribution in [2.45, 2.75) is 424 Å². The van der Waals surface area contributed by atoms with Crippen LogP contribution in [-0.4, -0.2) is 115 Å². The SMILES string of the molecule is CCC(C)(C)C(=O)O.CCC(C)(C)C(=O)OC(C(C)C)C(C)C.CCC(C)(C)C(=O)OC(C)C.CCC(C)(C)C(=O)OC(C)C(F)(F)F.CCC(C)(C)C(=O)OC1C2CC3C1OC(=O)C3(C(=O)OC(C(F)(F)F)C(F)(F)F)C2.CCC(C)c1ccc(C(C)(C)C)cc1.CCC(C)c1ccc(C(C)(C)C)cc1.CCCCC(CC)COC(=O)C(C)(C)CC. The molecule has 1 aliphatic heterocycles. The largest absolute Gasteiger partial charge is 0.481 e. The standard InChI is InChI=1S/C18H20F6O6.C14H28O2.2C14H22.C13H26O2.C9H15F3O2.C9H18O2.C6H12O2/c1-4-15(2,3)12(25)28-9-7-5-8-10(9)29-13(26)16(8,6-7)14(27)30-11(17(19,20)21)18(22,23)24;1-6-9-10-12(7-2)11-16-13(15)14(4,5)8-3;2*1-6-11(2)12-7-9-13(10-8-12)14(3,4)5;1-8-13(6,7)12(14)15-11(9(2)3)10(4)5;1-5-8(3,4)7(13)14-6(2)9(10,11)12;1-6-9(4,5)8(10)11-7(2)3;1-4-6(2,3)5(7)8/h7-11H,4-6H2,1-3H3;12H,6-11H2,1-5H3;2*7-11H,6H2,1-5H3;9-11H,8H2,1-7H3;6H,5H2,1-4H3;7H,6H2,1-5H3;4H2,1-3H3,(H,7,8). The van der Waals surface area contributed by atoms with Crippen molar-refractivity contribution >= 4 is 47.8 Å². The molecule has 3 aliphatic rings. The second-order valence-corrected chi connectivity index (χ2v) is 39.9. The Kier molecular flexibility index (Phi) is 49.8. The van der Waals surface area contributed by atoms with E-state index < -0.39 is 113 Å². The first-order valence-electron chi connectivity index (χ1n) is 44.2. The average Bonchev–Trinajstić information content (AvgIpc) is 1.53. The van der Waals surface area contributed by atoms with E-state index >= 15 is 0 Å². The third-order valence-electron chi connectivity index (χ3n) is 24.2. The molecule has 0 aromatic heterocycles. The average molecular weight is 1760 g/mol. The van der Waals surface area contributed by atoms with E-state index in [-0.39, 0.29) is 63.6 Å². The summed E-state index contributed by atoms with van der Waals surface area (Å²) in [6.07, 6.45) is -13.8. The molecule has 16 nitrogen and oxygen atoms in total. The van der Waals surface area contributed by atoms with Gasteiger partial charge < -0.3 is 38.3 Å². The van der Waals surface area contributed by atoms with E-state index in [9.17, 15) is 77.9 Å². The highest BCUT2D eigenvalue weighted by Crippen LogP contribution is 2.63. The lowest BCUT2D eigenvalue weighted by Crippen LogP contribution is -2.51. The number of unbranched alkanes of at least 4 members (excludes halogenated alkanes) is 1. The van der Waals surface area contributed by atoms with Crippen LogP contribution in [0.1, 0.15) is 380 Å². The topological polar surface area (TPSA) is 221 Å². The van der Waals surface area contributed by atoms with Gasteiger partial charge in [-0.05, 0) is 237 Å². The highest BCUT2D eigenvalue weighted by Gasteiger charge is 2.77. The van der Waals surface area contributed by atoms with Gasteiger partial charge in [0.05, 0.1) is 45.2 Å². The first-order valence-corrected chi connectivity index (χ1v) is 44.2. The van der Waals surface area contributed by atoms with Gasteiger partial charge in [-0.3, -0.25) is 38.4 Å². The molecule has 0 spiro atoms. The highest BCUT2D eigenvalue weighted by molar-refractivity contribution is 6.03. The maximum Gasteiger partial charge on any atom is 0.434 e. The Balaban J connectivity index is -0.00000137. The van der Waals surface area contributed by atoms with Crippen molar-refractivity contribution in [1.29, 1.82) is 0 Å². The molecule has 1 saturated heterocycles. The lowest BCUT2D eigenvalue weighted by Gasteiger charge is -2.33. The summed E-state index contributed by atoms with van der Waals surface area (Å²) in [5.41, 5.74) is 0.784. The van der Waals surface area contributed by atoms with Crippen LogP contribution in [0, 0.1) is 67.5 Å². The second kappa shape index (κ2) is 50.8. The molecule has 5 rings (SSSR count). The van der Waals surface area contributed by atoms with E-state index in [1.807, 2.05) is 83.1 Å². The van der Waals surface area contributed by atoms with E-state index in [1.165, 1.54) is 54.4 Å². The van der Waals surface area contributed by atoms with Crippen molar-refractivity contribution in [3.63, 3.8) is 0 Å². The molecule has 122 heavy (non-hydrogen) atoms. The fourth-order valence-electron chi connectivity index (χ4n) is 11.6. The minimum Gasteiger partial charge on any atom is -0.481 e. The fraction of sp³-hybridized carbons (Fsp3) is 0.794. The van der Waals surface area contributed by atoms with Gasteiger partial charge in [0.2, 0.25) is 0 Å². The number of hydrogen-bond donors (Lipinski definition) is 1. The van der Waals surface area contributed by atoms with E-state index in [0.717, 1.165) is 32.6 Å². The van der Waals surface area contributed by atoms with Crippen LogP contribution in [0.2, 0.25) is 0 Å². The Bertz CT molecular complexity index is 3360. The van der Waals surface area contributed by atoms with Crippen molar-refractivity contribution in [1.82, 2.24) is 0 Å². The number of alkyl halides is 9.